The first-order valence-electron chi connectivity index (χ1n) is 8.20. The van der Waals surface area contributed by atoms with Crippen molar-refractivity contribution in [2.75, 3.05) is 24.3 Å². The lowest BCUT2D eigenvalue weighted by atomic mass is 10.2. The molecule has 2 aromatic rings. The Labute approximate surface area is 160 Å². The van der Waals surface area contributed by atoms with Gasteiger partial charge in [0, 0.05) is 18.0 Å². The molecule has 0 unspecified atom stereocenters. The third-order valence-electron chi connectivity index (χ3n) is 4.70. The van der Waals surface area contributed by atoms with Gasteiger partial charge < -0.3 is 9.88 Å². The van der Waals surface area contributed by atoms with Crippen LogP contribution in [0.2, 0.25) is 0 Å². The standard InChI is InChI=1S/C16H21N3O4S3/c1-9-10(2)25-16-14(9)15(21)17-12(18-16)6-24-7-13(20)19(3)11-4-5-26(22,23)8-11/h11H,4-8H2,1-3H3,(H,17,18,21)/t11-/m1/s1. The highest BCUT2D eigenvalue weighted by atomic mass is 32.2. The second-order valence-electron chi connectivity index (χ2n) is 6.53. The molecule has 1 atom stereocenters. The zero-order valence-electron chi connectivity index (χ0n) is 14.9. The summed E-state index contributed by atoms with van der Waals surface area (Å²) >= 11 is 2.86. The first-order valence-corrected chi connectivity index (χ1v) is 12.0. The number of hydrogen-bond acceptors (Lipinski definition) is 7. The summed E-state index contributed by atoms with van der Waals surface area (Å²) in [6, 6.07) is -0.237. The van der Waals surface area contributed by atoms with Gasteiger partial charge in [-0.2, -0.15) is 0 Å². The van der Waals surface area contributed by atoms with Crippen LogP contribution in [-0.4, -0.2) is 59.5 Å². The van der Waals surface area contributed by atoms with Crippen molar-refractivity contribution in [3.63, 3.8) is 0 Å². The minimum Gasteiger partial charge on any atom is -0.341 e. The number of nitrogens with zero attached hydrogens (tertiary/aromatic N) is 2. The maximum Gasteiger partial charge on any atom is 0.259 e. The van der Waals surface area contributed by atoms with E-state index in [1.165, 1.54) is 28.0 Å². The molecule has 1 aliphatic rings. The van der Waals surface area contributed by atoms with Gasteiger partial charge in [0.2, 0.25) is 5.91 Å². The van der Waals surface area contributed by atoms with E-state index in [1.807, 2.05) is 13.8 Å². The third-order valence-corrected chi connectivity index (χ3v) is 8.48. The van der Waals surface area contributed by atoms with Crippen molar-refractivity contribution in [3.8, 4) is 0 Å². The normalized spacial score (nSPS) is 19.1. The molecular formula is C16H21N3O4S3. The molecule has 10 heteroatoms. The molecule has 7 nitrogen and oxygen atoms in total. The van der Waals surface area contributed by atoms with Gasteiger partial charge in [0.1, 0.15) is 10.7 Å². The Morgan fingerprint density at radius 3 is 2.81 bits per heavy atom. The number of rotatable bonds is 5. The van der Waals surface area contributed by atoms with Crippen molar-refractivity contribution >= 4 is 49.1 Å². The number of sulfone groups is 1. The van der Waals surface area contributed by atoms with Crippen LogP contribution in [0.4, 0.5) is 0 Å². The Kier molecular flexibility index (Phi) is 5.45. The number of aryl methyl sites for hydroxylation is 2. The van der Waals surface area contributed by atoms with Crippen LogP contribution >= 0.6 is 23.1 Å². The summed E-state index contributed by atoms with van der Waals surface area (Å²) in [7, 11) is -1.36. The van der Waals surface area contributed by atoms with Crippen molar-refractivity contribution < 1.29 is 13.2 Å². The van der Waals surface area contributed by atoms with Crippen molar-refractivity contribution in [3.05, 3.63) is 26.6 Å². The molecular weight excluding hydrogens is 394 g/mol. The summed E-state index contributed by atoms with van der Waals surface area (Å²) < 4.78 is 23.1. The van der Waals surface area contributed by atoms with Crippen LogP contribution < -0.4 is 5.56 Å². The highest BCUT2D eigenvalue weighted by molar-refractivity contribution is 7.99. The predicted molar refractivity (Wildman–Crippen MR) is 106 cm³/mol. The molecule has 26 heavy (non-hydrogen) atoms. The van der Waals surface area contributed by atoms with Crippen LogP contribution in [-0.2, 0) is 20.4 Å². The van der Waals surface area contributed by atoms with Crippen LogP contribution in [0.3, 0.4) is 0 Å². The Morgan fingerprint density at radius 1 is 1.42 bits per heavy atom. The van der Waals surface area contributed by atoms with Crippen LogP contribution in [0, 0.1) is 13.8 Å². The average Bonchev–Trinajstić information content (AvgIpc) is 3.06. The molecule has 0 spiro atoms. The van der Waals surface area contributed by atoms with Crippen LogP contribution in [0.5, 0.6) is 0 Å². The SMILES string of the molecule is Cc1sc2nc(CSCC(=O)N(C)[C@@H]3CCS(=O)(=O)C3)[nH]c(=O)c2c1C. The predicted octanol–water partition coefficient (Wildman–Crippen LogP) is 1.48. The summed E-state index contributed by atoms with van der Waals surface area (Å²) in [5.41, 5.74) is 0.813. The smallest absolute Gasteiger partial charge is 0.259 e. The summed E-state index contributed by atoms with van der Waals surface area (Å²) in [4.78, 5) is 35.1. The first-order chi connectivity index (χ1) is 12.2. The van der Waals surface area contributed by atoms with Gasteiger partial charge in [-0.15, -0.1) is 23.1 Å². The number of nitrogens with one attached hydrogen (secondary N) is 1. The van der Waals surface area contributed by atoms with Gasteiger partial charge in [-0.1, -0.05) is 0 Å². The molecule has 2 aromatic heterocycles. The van der Waals surface area contributed by atoms with Crippen molar-refractivity contribution in [1.82, 2.24) is 14.9 Å². The second-order valence-corrected chi connectivity index (χ2v) is 10.9. The van der Waals surface area contributed by atoms with Gasteiger partial charge in [0.05, 0.1) is 28.4 Å². The van der Waals surface area contributed by atoms with Gasteiger partial charge in [-0.25, -0.2) is 13.4 Å². The molecule has 1 amide bonds. The number of fused-ring (bicyclic) bond motifs is 1. The maximum absolute atomic E-state index is 12.3. The quantitative estimate of drug-likeness (QED) is 0.794. The molecule has 1 fully saturated rings. The lowest BCUT2D eigenvalue weighted by Gasteiger charge is -2.23. The Balaban J connectivity index is 1.60. The van der Waals surface area contributed by atoms with E-state index in [1.54, 1.807) is 7.05 Å². The van der Waals surface area contributed by atoms with E-state index in [4.69, 9.17) is 0 Å². The van der Waals surface area contributed by atoms with E-state index < -0.39 is 9.84 Å². The molecule has 142 valence electrons. The molecule has 3 rings (SSSR count). The number of carbonyl (C=O) groups excluding carboxylic acids is 1. The highest BCUT2D eigenvalue weighted by Gasteiger charge is 2.32. The van der Waals surface area contributed by atoms with Gasteiger partial charge in [0.25, 0.3) is 5.56 Å². The van der Waals surface area contributed by atoms with Gasteiger partial charge >= 0.3 is 0 Å². The number of aromatic nitrogens is 2. The molecule has 3 heterocycles. The molecule has 1 aliphatic heterocycles. The number of H-pyrrole nitrogens is 1. The highest BCUT2D eigenvalue weighted by Crippen LogP contribution is 2.26. The lowest BCUT2D eigenvalue weighted by molar-refractivity contribution is -0.128. The van der Waals surface area contributed by atoms with Crippen LogP contribution in [0.15, 0.2) is 4.79 Å². The lowest BCUT2D eigenvalue weighted by Crippen LogP contribution is -2.38. The summed E-state index contributed by atoms with van der Waals surface area (Å²) in [5, 5.41) is 0.638. The molecule has 0 saturated carbocycles. The number of hydrogen-bond donors (Lipinski definition) is 1. The Morgan fingerprint density at radius 2 is 2.15 bits per heavy atom. The Hall–Kier alpha value is -1.39. The summed E-state index contributed by atoms with van der Waals surface area (Å²) in [6.45, 7) is 3.88. The zero-order valence-corrected chi connectivity index (χ0v) is 17.3. The number of amides is 1. The van der Waals surface area contributed by atoms with E-state index in [2.05, 4.69) is 9.97 Å². The molecule has 1 N–H and O–H groups in total. The number of aromatic amines is 1. The minimum atomic E-state index is -3.01. The van der Waals surface area contributed by atoms with Crippen LogP contribution in [0.1, 0.15) is 22.7 Å². The van der Waals surface area contributed by atoms with Crippen LogP contribution in [0.25, 0.3) is 10.2 Å². The number of carbonyl (C=O) groups is 1. The van der Waals surface area contributed by atoms with Gasteiger partial charge in [0.15, 0.2) is 9.84 Å². The fourth-order valence-corrected chi connectivity index (χ4v) is 6.62. The average molecular weight is 416 g/mol. The topological polar surface area (TPSA) is 100 Å². The molecule has 0 aliphatic carbocycles. The maximum atomic E-state index is 12.3. The molecule has 0 bridgehead atoms. The monoisotopic (exact) mass is 415 g/mol. The van der Waals surface area contributed by atoms with E-state index in [9.17, 15) is 18.0 Å². The Bertz CT molecular complexity index is 1010. The second kappa shape index (κ2) is 7.32. The fraction of sp³-hybridized carbons (Fsp3) is 0.562. The molecule has 1 saturated heterocycles. The van der Waals surface area contributed by atoms with Gasteiger partial charge in [-0.05, 0) is 25.8 Å². The van der Waals surface area contributed by atoms with E-state index >= 15 is 0 Å². The first kappa shape index (κ1) is 19.4. The van der Waals surface area contributed by atoms with E-state index in [-0.39, 0.29) is 34.8 Å². The largest absolute Gasteiger partial charge is 0.341 e. The van der Waals surface area contributed by atoms with Crippen molar-refractivity contribution in [2.45, 2.75) is 32.1 Å². The number of thiophene rings is 1. The summed E-state index contributed by atoms with van der Waals surface area (Å²) in [6.07, 6.45) is 0.498. The molecule has 0 aromatic carbocycles. The van der Waals surface area contributed by atoms with Crippen molar-refractivity contribution in [2.24, 2.45) is 0 Å². The van der Waals surface area contributed by atoms with E-state index in [0.29, 0.717) is 23.4 Å². The van der Waals surface area contributed by atoms with E-state index in [0.717, 1.165) is 15.3 Å². The minimum absolute atomic E-state index is 0.0442. The van der Waals surface area contributed by atoms with Gasteiger partial charge in [-0.3, -0.25) is 9.59 Å². The fourth-order valence-electron chi connectivity index (χ4n) is 2.99. The zero-order chi connectivity index (χ0) is 19.1. The van der Waals surface area contributed by atoms with Crippen molar-refractivity contribution in [1.29, 1.82) is 0 Å². The summed E-state index contributed by atoms with van der Waals surface area (Å²) in [5.74, 6) is 1.27. The number of thioether (sulfide) groups is 1. The molecule has 0 radical (unpaired) electrons. The third kappa shape index (κ3) is 3.96.